The summed E-state index contributed by atoms with van der Waals surface area (Å²) in [6.07, 6.45) is 3.46. The van der Waals surface area contributed by atoms with Gasteiger partial charge in [0.2, 0.25) is 6.79 Å². The first-order valence-electron chi connectivity index (χ1n) is 6.39. The van der Waals surface area contributed by atoms with Gasteiger partial charge in [0.25, 0.3) is 0 Å². The van der Waals surface area contributed by atoms with Crippen LogP contribution in [-0.2, 0) is 10.8 Å². The van der Waals surface area contributed by atoms with Crippen LogP contribution < -0.4 is 14.8 Å². The molecule has 5 nitrogen and oxygen atoms in total. The highest BCUT2D eigenvalue weighted by atomic mass is 32.2. The molecule has 6 heteroatoms. The predicted molar refractivity (Wildman–Crippen MR) is 79.9 cm³/mol. The average molecular weight is 292 g/mol. The zero-order valence-electron chi connectivity index (χ0n) is 11.4. The molecule has 0 bridgehead atoms. The molecule has 0 amide bonds. The second-order valence-corrected chi connectivity index (χ2v) is 6.58. The van der Waals surface area contributed by atoms with Gasteiger partial charge in [-0.1, -0.05) is 0 Å². The van der Waals surface area contributed by atoms with E-state index in [1.54, 1.807) is 12.5 Å². The molecule has 1 aromatic carbocycles. The Morgan fingerprint density at radius 3 is 2.90 bits per heavy atom. The Balaban J connectivity index is 1.93. The Kier molecular flexibility index (Phi) is 3.48. The minimum atomic E-state index is -0.852. The number of nitrogens with one attached hydrogen (secondary N) is 1. The molecule has 2 heterocycles. The monoisotopic (exact) mass is 292 g/mol. The van der Waals surface area contributed by atoms with Crippen molar-refractivity contribution >= 4 is 27.4 Å². The molecule has 2 aromatic rings. The molecule has 3 rings (SSSR count). The molecule has 2 atom stereocenters. The van der Waals surface area contributed by atoms with Crippen molar-refractivity contribution in [1.82, 2.24) is 4.98 Å². The van der Waals surface area contributed by atoms with Crippen LogP contribution in [0.25, 0.3) is 10.8 Å². The standard InChI is InChI=1S/C14H16N2O3S/c1-9(20(2)17)7-16-14-11-6-13-12(18-8-19-13)5-10(11)3-4-15-14/h3-6,9H,7-8H2,1-2H3,(H,15,16). The van der Waals surface area contributed by atoms with Crippen LogP contribution in [-0.4, -0.2) is 34.0 Å². The Bertz CT molecular complexity index is 675. The van der Waals surface area contributed by atoms with E-state index < -0.39 is 10.8 Å². The zero-order chi connectivity index (χ0) is 14.1. The number of fused-ring (bicyclic) bond motifs is 2. The lowest BCUT2D eigenvalue weighted by atomic mass is 10.1. The van der Waals surface area contributed by atoms with Crippen molar-refractivity contribution in [2.24, 2.45) is 0 Å². The number of ether oxygens (including phenoxy) is 2. The maximum absolute atomic E-state index is 11.4. The molecule has 20 heavy (non-hydrogen) atoms. The molecule has 1 N–H and O–H groups in total. The molecular formula is C14H16N2O3S. The number of pyridine rings is 1. The fourth-order valence-electron chi connectivity index (χ4n) is 2.06. The topological polar surface area (TPSA) is 60.5 Å². The molecule has 1 aliphatic heterocycles. The Labute approximate surface area is 119 Å². The second kappa shape index (κ2) is 5.28. The number of aromatic nitrogens is 1. The van der Waals surface area contributed by atoms with E-state index in [0.717, 1.165) is 28.1 Å². The van der Waals surface area contributed by atoms with E-state index in [1.165, 1.54) is 0 Å². The summed E-state index contributed by atoms with van der Waals surface area (Å²) in [4.78, 5) is 4.36. The first-order valence-corrected chi connectivity index (χ1v) is 8.02. The third-order valence-corrected chi connectivity index (χ3v) is 4.68. The highest BCUT2D eigenvalue weighted by molar-refractivity contribution is 7.84. The molecule has 0 saturated carbocycles. The van der Waals surface area contributed by atoms with E-state index in [9.17, 15) is 4.21 Å². The third kappa shape index (κ3) is 2.43. The van der Waals surface area contributed by atoms with Gasteiger partial charge in [-0.2, -0.15) is 0 Å². The maximum Gasteiger partial charge on any atom is 0.231 e. The summed E-state index contributed by atoms with van der Waals surface area (Å²) >= 11 is 0. The highest BCUT2D eigenvalue weighted by Gasteiger charge is 2.16. The molecule has 0 saturated heterocycles. The van der Waals surface area contributed by atoms with Crippen molar-refractivity contribution in [3.8, 4) is 11.5 Å². The summed E-state index contributed by atoms with van der Waals surface area (Å²) in [5, 5.41) is 5.35. The van der Waals surface area contributed by atoms with E-state index in [-0.39, 0.29) is 12.0 Å². The van der Waals surface area contributed by atoms with E-state index in [0.29, 0.717) is 6.54 Å². The lowest BCUT2D eigenvalue weighted by Gasteiger charge is -2.12. The average Bonchev–Trinajstić information content (AvgIpc) is 2.89. The van der Waals surface area contributed by atoms with Gasteiger partial charge in [-0.15, -0.1) is 0 Å². The van der Waals surface area contributed by atoms with Gasteiger partial charge in [-0.05, 0) is 30.5 Å². The van der Waals surface area contributed by atoms with Crippen LogP contribution in [0.3, 0.4) is 0 Å². The van der Waals surface area contributed by atoms with Gasteiger partial charge in [-0.3, -0.25) is 4.21 Å². The summed E-state index contributed by atoms with van der Waals surface area (Å²) < 4.78 is 22.2. The summed E-state index contributed by atoms with van der Waals surface area (Å²) in [6, 6.07) is 5.82. The normalized spacial score (nSPS) is 16.1. The van der Waals surface area contributed by atoms with Gasteiger partial charge in [0, 0.05) is 40.4 Å². The Hall–Kier alpha value is -1.82. The van der Waals surface area contributed by atoms with Gasteiger partial charge >= 0.3 is 0 Å². The highest BCUT2D eigenvalue weighted by Crippen LogP contribution is 2.37. The zero-order valence-corrected chi connectivity index (χ0v) is 12.2. The number of anilines is 1. The smallest absolute Gasteiger partial charge is 0.231 e. The van der Waals surface area contributed by atoms with E-state index in [1.807, 2.05) is 25.1 Å². The Morgan fingerprint density at radius 1 is 1.40 bits per heavy atom. The van der Waals surface area contributed by atoms with Crippen LogP contribution in [0.5, 0.6) is 11.5 Å². The van der Waals surface area contributed by atoms with Gasteiger partial charge in [0.05, 0.1) is 0 Å². The molecular weight excluding hydrogens is 276 g/mol. The van der Waals surface area contributed by atoms with E-state index in [4.69, 9.17) is 9.47 Å². The van der Waals surface area contributed by atoms with E-state index >= 15 is 0 Å². The fraction of sp³-hybridized carbons (Fsp3) is 0.357. The quantitative estimate of drug-likeness (QED) is 0.935. The van der Waals surface area contributed by atoms with Crippen LogP contribution in [0, 0.1) is 0 Å². The summed E-state index contributed by atoms with van der Waals surface area (Å²) in [7, 11) is -0.852. The number of hydrogen-bond donors (Lipinski definition) is 1. The summed E-state index contributed by atoms with van der Waals surface area (Å²) in [5.74, 6) is 2.27. The first kappa shape index (κ1) is 13.2. The molecule has 0 fully saturated rings. The molecule has 0 radical (unpaired) electrons. The van der Waals surface area contributed by atoms with Gasteiger partial charge in [0.1, 0.15) is 5.82 Å². The van der Waals surface area contributed by atoms with Crippen LogP contribution in [0.15, 0.2) is 24.4 Å². The summed E-state index contributed by atoms with van der Waals surface area (Å²) in [5.41, 5.74) is 0. The number of hydrogen-bond acceptors (Lipinski definition) is 5. The van der Waals surface area contributed by atoms with Crippen molar-refractivity contribution in [3.63, 3.8) is 0 Å². The number of benzene rings is 1. The minimum Gasteiger partial charge on any atom is -0.454 e. The van der Waals surface area contributed by atoms with Gasteiger partial charge in [-0.25, -0.2) is 4.98 Å². The third-order valence-electron chi connectivity index (χ3n) is 3.38. The SMILES string of the molecule is CC(CNc1nccc2cc3c(cc12)OCO3)S(C)=O. The Morgan fingerprint density at radius 2 is 2.15 bits per heavy atom. The van der Waals surface area contributed by atoms with Crippen LogP contribution >= 0.6 is 0 Å². The van der Waals surface area contributed by atoms with Crippen molar-refractivity contribution in [2.75, 3.05) is 24.9 Å². The van der Waals surface area contributed by atoms with Crippen LogP contribution in [0.1, 0.15) is 6.92 Å². The minimum absolute atomic E-state index is 0.0704. The largest absolute Gasteiger partial charge is 0.454 e. The molecule has 0 aliphatic carbocycles. The van der Waals surface area contributed by atoms with Crippen molar-refractivity contribution in [3.05, 3.63) is 24.4 Å². The lowest BCUT2D eigenvalue weighted by molar-refractivity contribution is 0.174. The van der Waals surface area contributed by atoms with E-state index in [2.05, 4.69) is 10.3 Å². The summed E-state index contributed by atoms with van der Waals surface area (Å²) in [6.45, 7) is 2.82. The molecule has 1 aromatic heterocycles. The maximum atomic E-state index is 11.4. The number of nitrogens with zero attached hydrogens (tertiary/aromatic N) is 1. The van der Waals surface area contributed by atoms with Crippen LogP contribution in [0.4, 0.5) is 5.82 Å². The molecule has 2 unspecified atom stereocenters. The fourth-order valence-corrected chi connectivity index (χ4v) is 2.38. The second-order valence-electron chi connectivity index (χ2n) is 4.78. The predicted octanol–water partition coefficient (Wildman–Crippen LogP) is 2.14. The molecule has 0 spiro atoms. The molecule has 1 aliphatic rings. The lowest BCUT2D eigenvalue weighted by Crippen LogP contribution is -2.21. The van der Waals surface area contributed by atoms with Crippen molar-refractivity contribution in [1.29, 1.82) is 0 Å². The van der Waals surface area contributed by atoms with Gasteiger partial charge in [0.15, 0.2) is 11.5 Å². The van der Waals surface area contributed by atoms with Crippen LogP contribution in [0.2, 0.25) is 0 Å². The van der Waals surface area contributed by atoms with Crippen molar-refractivity contribution < 1.29 is 13.7 Å². The molecule has 106 valence electrons. The van der Waals surface area contributed by atoms with Crippen molar-refractivity contribution in [2.45, 2.75) is 12.2 Å². The number of rotatable bonds is 4. The van der Waals surface area contributed by atoms with Gasteiger partial charge < -0.3 is 14.8 Å². The first-order chi connectivity index (χ1) is 9.65.